The van der Waals surface area contributed by atoms with Gasteiger partial charge < -0.3 is 4.74 Å². The van der Waals surface area contributed by atoms with Gasteiger partial charge in [-0.05, 0) is 49.1 Å². The fourth-order valence-corrected chi connectivity index (χ4v) is 2.38. The molecule has 0 radical (unpaired) electrons. The fourth-order valence-electron chi connectivity index (χ4n) is 1.97. The smallest absolute Gasteiger partial charge is 0.0495 e. The first kappa shape index (κ1) is 11.0. The van der Waals surface area contributed by atoms with Gasteiger partial charge in [-0.15, -0.1) is 11.8 Å². The molecule has 2 heteroatoms. The molecular weight excluding hydrogens is 204 g/mol. The van der Waals surface area contributed by atoms with Crippen molar-refractivity contribution in [2.24, 2.45) is 5.92 Å². The lowest BCUT2D eigenvalue weighted by atomic mass is 9.99. The zero-order chi connectivity index (χ0) is 10.5. The molecule has 1 atom stereocenters. The van der Waals surface area contributed by atoms with E-state index < -0.39 is 0 Å². The van der Waals surface area contributed by atoms with Crippen LogP contribution in [0.25, 0.3) is 0 Å². The average molecular weight is 222 g/mol. The van der Waals surface area contributed by atoms with Crippen molar-refractivity contribution >= 4 is 11.8 Å². The Morgan fingerprint density at radius 2 is 2.13 bits per heavy atom. The molecular formula is C13H18OS. The predicted molar refractivity (Wildman–Crippen MR) is 65.5 cm³/mol. The molecule has 1 heterocycles. The minimum atomic E-state index is 0.797. The van der Waals surface area contributed by atoms with Gasteiger partial charge in [-0.2, -0.15) is 0 Å². The molecule has 1 aliphatic rings. The second kappa shape index (κ2) is 5.57. The van der Waals surface area contributed by atoms with E-state index in [1.165, 1.54) is 29.7 Å². The maximum Gasteiger partial charge on any atom is 0.0495 e. The van der Waals surface area contributed by atoms with Crippen LogP contribution in [0.1, 0.15) is 18.4 Å². The lowest BCUT2D eigenvalue weighted by Crippen LogP contribution is -2.00. The van der Waals surface area contributed by atoms with Crippen LogP contribution in [0.4, 0.5) is 0 Å². The topological polar surface area (TPSA) is 9.23 Å². The number of hydrogen-bond acceptors (Lipinski definition) is 2. The average Bonchev–Trinajstić information content (AvgIpc) is 2.80. The van der Waals surface area contributed by atoms with Crippen molar-refractivity contribution in [3.63, 3.8) is 0 Å². The molecule has 1 aliphatic heterocycles. The van der Waals surface area contributed by atoms with Crippen LogP contribution in [-0.2, 0) is 11.2 Å². The Kier molecular flexibility index (Phi) is 4.09. The van der Waals surface area contributed by atoms with Gasteiger partial charge in [-0.1, -0.05) is 12.1 Å². The zero-order valence-electron chi connectivity index (χ0n) is 9.24. The normalized spacial score (nSPS) is 20.7. The first-order valence-electron chi connectivity index (χ1n) is 5.59. The monoisotopic (exact) mass is 222 g/mol. The number of benzene rings is 1. The van der Waals surface area contributed by atoms with E-state index in [-0.39, 0.29) is 0 Å². The van der Waals surface area contributed by atoms with E-state index in [0.717, 1.165) is 19.1 Å². The van der Waals surface area contributed by atoms with E-state index in [0.29, 0.717) is 0 Å². The van der Waals surface area contributed by atoms with Crippen molar-refractivity contribution < 1.29 is 4.74 Å². The molecule has 1 saturated heterocycles. The Balaban J connectivity index is 1.82. The van der Waals surface area contributed by atoms with Crippen molar-refractivity contribution in [1.29, 1.82) is 0 Å². The molecule has 1 unspecified atom stereocenters. The van der Waals surface area contributed by atoms with E-state index in [1.807, 2.05) is 0 Å². The first-order valence-corrected chi connectivity index (χ1v) is 6.81. The SMILES string of the molecule is CSc1ccc(CCC2CCOC2)cc1. The van der Waals surface area contributed by atoms with E-state index in [1.54, 1.807) is 11.8 Å². The highest BCUT2D eigenvalue weighted by Crippen LogP contribution is 2.20. The molecule has 0 N–H and O–H groups in total. The van der Waals surface area contributed by atoms with Crippen LogP contribution in [0.3, 0.4) is 0 Å². The van der Waals surface area contributed by atoms with Crippen LogP contribution >= 0.6 is 11.8 Å². The van der Waals surface area contributed by atoms with E-state index >= 15 is 0 Å². The van der Waals surface area contributed by atoms with Gasteiger partial charge in [0, 0.05) is 18.1 Å². The quantitative estimate of drug-likeness (QED) is 0.722. The number of aryl methyl sites for hydroxylation is 1. The van der Waals surface area contributed by atoms with Crippen molar-refractivity contribution in [3.8, 4) is 0 Å². The molecule has 1 fully saturated rings. The lowest BCUT2D eigenvalue weighted by Gasteiger charge is -2.07. The summed E-state index contributed by atoms with van der Waals surface area (Å²) in [6.45, 7) is 1.94. The molecule has 0 saturated carbocycles. The molecule has 0 aromatic heterocycles. The minimum Gasteiger partial charge on any atom is -0.381 e. The maximum atomic E-state index is 5.38. The van der Waals surface area contributed by atoms with Gasteiger partial charge in [-0.3, -0.25) is 0 Å². The van der Waals surface area contributed by atoms with Crippen LogP contribution in [0.2, 0.25) is 0 Å². The summed E-state index contributed by atoms with van der Waals surface area (Å²) in [6.07, 6.45) is 5.84. The molecule has 0 spiro atoms. The molecule has 0 bridgehead atoms. The van der Waals surface area contributed by atoms with Crippen LogP contribution in [-0.4, -0.2) is 19.5 Å². The number of ether oxygens (including phenoxy) is 1. The highest BCUT2D eigenvalue weighted by molar-refractivity contribution is 7.98. The number of hydrogen-bond donors (Lipinski definition) is 0. The summed E-state index contributed by atoms with van der Waals surface area (Å²) in [4.78, 5) is 1.35. The first-order chi connectivity index (χ1) is 7.38. The highest BCUT2D eigenvalue weighted by atomic mass is 32.2. The van der Waals surface area contributed by atoms with Crippen LogP contribution in [0, 0.1) is 5.92 Å². The molecule has 0 aliphatic carbocycles. The Morgan fingerprint density at radius 3 is 2.73 bits per heavy atom. The predicted octanol–water partition coefficient (Wildman–Crippen LogP) is 3.38. The van der Waals surface area contributed by atoms with Gasteiger partial charge in [0.05, 0.1) is 0 Å². The minimum absolute atomic E-state index is 0.797. The largest absolute Gasteiger partial charge is 0.381 e. The summed E-state index contributed by atoms with van der Waals surface area (Å²) in [6, 6.07) is 8.93. The molecule has 1 aromatic carbocycles. The summed E-state index contributed by atoms with van der Waals surface area (Å²) in [5, 5.41) is 0. The van der Waals surface area contributed by atoms with Crippen molar-refractivity contribution in [3.05, 3.63) is 29.8 Å². The second-order valence-corrected chi connectivity index (χ2v) is 5.00. The zero-order valence-corrected chi connectivity index (χ0v) is 10.1. The van der Waals surface area contributed by atoms with Crippen LogP contribution in [0.15, 0.2) is 29.2 Å². The third-order valence-corrected chi connectivity index (χ3v) is 3.77. The van der Waals surface area contributed by atoms with Crippen LogP contribution < -0.4 is 0 Å². The van der Waals surface area contributed by atoms with E-state index in [2.05, 4.69) is 30.5 Å². The third kappa shape index (κ3) is 3.25. The summed E-state index contributed by atoms with van der Waals surface area (Å²) in [7, 11) is 0. The van der Waals surface area contributed by atoms with Gasteiger partial charge in [0.1, 0.15) is 0 Å². The molecule has 0 amide bonds. The van der Waals surface area contributed by atoms with Crippen LogP contribution in [0.5, 0.6) is 0 Å². The standard InChI is InChI=1S/C13H18OS/c1-15-13-6-4-11(5-7-13)2-3-12-8-9-14-10-12/h4-7,12H,2-3,8-10H2,1H3. The molecule has 1 nitrogen and oxygen atoms in total. The van der Waals surface area contributed by atoms with Gasteiger partial charge in [0.2, 0.25) is 0 Å². The summed E-state index contributed by atoms with van der Waals surface area (Å²) < 4.78 is 5.38. The number of rotatable bonds is 4. The lowest BCUT2D eigenvalue weighted by molar-refractivity contribution is 0.184. The summed E-state index contributed by atoms with van der Waals surface area (Å²) in [5.41, 5.74) is 1.46. The third-order valence-electron chi connectivity index (χ3n) is 3.02. The Bertz CT molecular complexity index is 288. The van der Waals surface area contributed by atoms with Crippen molar-refractivity contribution in [2.45, 2.75) is 24.2 Å². The van der Waals surface area contributed by atoms with Gasteiger partial charge in [0.15, 0.2) is 0 Å². The number of thioether (sulfide) groups is 1. The maximum absolute atomic E-state index is 5.38. The molecule has 1 aromatic rings. The second-order valence-electron chi connectivity index (χ2n) is 4.12. The highest BCUT2D eigenvalue weighted by Gasteiger charge is 2.14. The Hall–Kier alpha value is -0.470. The van der Waals surface area contributed by atoms with E-state index in [9.17, 15) is 0 Å². The Morgan fingerprint density at radius 1 is 1.33 bits per heavy atom. The van der Waals surface area contributed by atoms with Gasteiger partial charge in [-0.25, -0.2) is 0 Å². The van der Waals surface area contributed by atoms with Crippen molar-refractivity contribution in [1.82, 2.24) is 0 Å². The van der Waals surface area contributed by atoms with E-state index in [4.69, 9.17) is 4.74 Å². The molecule has 2 rings (SSSR count). The molecule has 82 valence electrons. The molecule has 15 heavy (non-hydrogen) atoms. The fraction of sp³-hybridized carbons (Fsp3) is 0.538. The summed E-state index contributed by atoms with van der Waals surface area (Å²) in [5.74, 6) is 0.797. The Labute approximate surface area is 96.2 Å². The van der Waals surface area contributed by atoms with Gasteiger partial charge >= 0.3 is 0 Å². The summed E-state index contributed by atoms with van der Waals surface area (Å²) >= 11 is 1.80. The van der Waals surface area contributed by atoms with Crippen molar-refractivity contribution in [2.75, 3.05) is 19.5 Å². The van der Waals surface area contributed by atoms with Gasteiger partial charge in [0.25, 0.3) is 0 Å².